The van der Waals surface area contributed by atoms with Crippen molar-refractivity contribution < 1.29 is 0 Å². The summed E-state index contributed by atoms with van der Waals surface area (Å²) in [6, 6.07) is 6.59. The maximum absolute atomic E-state index is 4.41. The van der Waals surface area contributed by atoms with Crippen molar-refractivity contribution in [1.29, 1.82) is 0 Å². The number of nitrogens with one attached hydrogen (secondary N) is 1. The summed E-state index contributed by atoms with van der Waals surface area (Å²) < 4.78 is 1.02. The Bertz CT molecular complexity index is 597. The minimum Gasteiger partial charge on any atom is -0.370 e. The zero-order valence-corrected chi connectivity index (χ0v) is 14.1. The maximum atomic E-state index is 4.41. The van der Waals surface area contributed by atoms with Gasteiger partial charge in [-0.15, -0.1) is 0 Å². The lowest BCUT2D eigenvalue weighted by atomic mass is 9.97. The second kappa shape index (κ2) is 6.40. The van der Waals surface area contributed by atoms with Crippen LogP contribution in [0.25, 0.3) is 0 Å². The Hall–Kier alpha value is -1.35. The van der Waals surface area contributed by atoms with Crippen LogP contribution in [0.5, 0.6) is 0 Å². The van der Waals surface area contributed by atoms with Gasteiger partial charge in [-0.05, 0) is 78.4 Å². The molecule has 1 aromatic heterocycles. The van der Waals surface area contributed by atoms with E-state index in [4.69, 9.17) is 0 Å². The number of rotatable bonds is 4. The summed E-state index contributed by atoms with van der Waals surface area (Å²) in [4.78, 5) is 4.41. The third-order valence-corrected chi connectivity index (χ3v) is 3.99. The molecule has 0 saturated carbocycles. The Kier molecular flexibility index (Phi) is 4.81. The largest absolute Gasteiger partial charge is 0.370 e. The minimum absolute atomic E-state index is 0.903. The number of nitrogens with zero attached hydrogens (tertiary/aromatic N) is 1. The van der Waals surface area contributed by atoms with Crippen molar-refractivity contribution in [3.63, 3.8) is 0 Å². The zero-order chi connectivity index (χ0) is 14.7. The van der Waals surface area contributed by atoms with Gasteiger partial charge in [0.1, 0.15) is 5.82 Å². The summed E-state index contributed by atoms with van der Waals surface area (Å²) in [5.41, 5.74) is 6.70. The van der Waals surface area contributed by atoms with Gasteiger partial charge in [-0.2, -0.15) is 0 Å². The molecule has 20 heavy (non-hydrogen) atoms. The van der Waals surface area contributed by atoms with Gasteiger partial charge in [-0.1, -0.05) is 17.7 Å². The van der Waals surface area contributed by atoms with E-state index in [-0.39, 0.29) is 0 Å². The molecule has 0 amide bonds. The van der Waals surface area contributed by atoms with Crippen molar-refractivity contribution in [3.8, 4) is 0 Å². The quantitative estimate of drug-likeness (QED) is 0.875. The van der Waals surface area contributed by atoms with Crippen LogP contribution in [0.3, 0.4) is 0 Å². The van der Waals surface area contributed by atoms with Crippen LogP contribution in [-0.2, 0) is 6.42 Å². The zero-order valence-electron chi connectivity index (χ0n) is 12.5. The highest BCUT2D eigenvalue weighted by Gasteiger charge is 2.05. The molecule has 2 rings (SSSR count). The predicted molar refractivity (Wildman–Crippen MR) is 89.5 cm³/mol. The van der Waals surface area contributed by atoms with Gasteiger partial charge in [0.05, 0.1) is 0 Å². The first-order chi connectivity index (χ1) is 9.47. The molecular weight excluding hydrogens is 312 g/mol. The predicted octanol–water partition coefficient (Wildman–Crippen LogP) is 4.73. The Morgan fingerprint density at radius 2 is 1.65 bits per heavy atom. The topological polar surface area (TPSA) is 24.9 Å². The molecular formula is C17H21BrN2. The molecule has 1 N–H and O–H groups in total. The number of pyridine rings is 1. The standard InChI is InChI=1S/C17H21BrN2/c1-11-7-12(2)16(13(3)8-11)5-6-19-17-14(4)9-15(18)10-20-17/h7-10H,5-6H2,1-4H3,(H,19,20). The van der Waals surface area contributed by atoms with Crippen molar-refractivity contribution in [3.05, 3.63) is 56.7 Å². The first-order valence-corrected chi connectivity index (χ1v) is 7.69. The van der Waals surface area contributed by atoms with E-state index in [1.165, 1.54) is 22.3 Å². The summed E-state index contributed by atoms with van der Waals surface area (Å²) in [5, 5.41) is 3.43. The molecule has 0 spiro atoms. The number of hydrogen-bond donors (Lipinski definition) is 1. The summed E-state index contributed by atoms with van der Waals surface area (Å²) in [7, 11) is 0. The molecule has 0 unspecified atom stereocenters. The molecule has 0 aliphatic carbocycles. The Balaban J connectivity index is 2.03. The van der Waals surface area contributed by atoms with Crippen molar-refractivity contribution in [2.75, 3.05) is 11.9 Å². The molecule has 1 aromatic carbocycles. The van der Waals surface area contributed by atoms with Crippen LogP contribution >= 0.6 is 15.9 Å². The van der Waals surface area contributed by atoms with E-state index in [2.05, 4.69) is 72.1 Å². The highest BCUT2D eigenvalue weighted by molar-refractivity contribution is 9.10. The fourth-order valence-electron chi connectivity index (χ4n) is 2.64. The maximum Gasteiger partial charge on any atom is 0.128 e. The van der Waals surface area contributed by atoms with E-state index < -0.39 is 0 Å². The lowest BCUT2D eigenvalue weighted by Crippen LogP contribution is -2.09. The summed E-state index contributed by atoms with van der Waals surface area (Å²) in [6.45, 7) is 9.51. The molecule has 1 heterocycles. The molecule has 0 bridgehead atoms. The molecule has 2 aromatic rings. The van der Waals surface area contributed by atoms with Crippen molar-refractivity contribution >= 4 is 21.7 Å². The summed E-state index contributed by atoms with van der Waals surface area (Å²) in [6.07, 6.45) is 2.85. The minimum atomic E-state index is 0.903. The van der Waals surface area contributed by atoms with E-state index in [1.807, 2.05) is 6.20 Å². The molecule has 0 aliphatic rings. The molecule has 3 heteroatoms. The number of halogens is 1. The molecule has 106 valence electrons. The summed E-state index contributed by atoms with van der Waals surface area (Å²) in [5.74, 6) is 0.968. The Morgan fingerprint density at radius 3 is 2.25 bits per heavy atom. The molecule has 0 saturated heterocycles. The third-order valence-electron chi connectivity index (χ3n) is 3.55. The normalized spacial score (nSPS) is 10.7. The van der Waals surface area contributed by atoms with Crippen molar-refractivity contribution in [2.24, 2.45) is 0 Å². The van der Waals surface area contributed by atoms with E-state index >= 15 is 0 Å². The van der Waals surface area contributed by atoms with Gasteiger partial charge >= 0.3 is 0 Å². The van der Waals surface area contributed by atoms with Gasteiger partial charge in [-0.3, -0.25) is 0 Å². The van der Waals surface area contributed by atoms with Crippen LogP contribution in [0, 0.1) is 27.7 Å². The molecule has 0 aliphatic heterocycles. The number of benzene rings is 1. The van der Waals surface area contributed by atoms with Crippen LogP contribution in [-0.4, -0.2) is 11.5 Å². The lowest BCUT2D eigenvalue weighted by Gasteiger charge is -2.13. The lowest BCUT2D eigenvalue weighted by molar-refractivity contribution is 0.973. The average molecular weight is 333 g/mol. The SMILES string of the molecule is Cc1cc(C)c(CCNc2ncc(Br)cc2C)c(C)c1. The Labute approximate surface area is 129 Å². The Morgan fingerprint density at radius 1 is 1.00 bits per heavy atom. The van der Waals surface area contributed by atoms with Crippen LogP contribution < -0.4 is 5.32 Å². The van der Waals surface area contributed by atoms with Crippen LogP contribution in [0.4, 0.5) is 5.82 Å². The summed E-state index contributed by atoms with van der Waals surface area (Å²) >= 11 is 3.44. The smallest absolute Gasteiger partial charge is 0.128 e. The van der Waals surface area contributed by atoms with Crippen molar-refractivity contribution in [1.82, 2.24) is 4.98 Å². The van der Waals surface area contributed by atoms with E-state index in [0.717, 1.165) is 28.8 Å². The second-order valence-electron chi connectivity index (χ2n) is 5.37. The fraction of sp³-hybridized carbons (Fsp3) is 0.353. The fourth-order valence-corrected chi connectivity index (χ4v) is 3.08. The number of aromatic nitrogens is 1. The molecule has 0 atom stereocenters. The molecule has 2 nitrogen and oxygen atoms in total. The average Bonchev–Trinajstić information content (AvgIpc) is 2.34. The highest BCUT2D eigenvalue weighted by Crippen LogP contribution is 2.19. The van der Waals surface area contributed by atoms with Gasteiger partial charge in [-0.25, -0.2) is 4.98 Å². The second-order valence-corrected chi connectivity index (χ2v) is 6.29. The monoisotopic (exact) mass is 332 g/mol. The van der Waals surface area contributed by atoms with Crippen LogP contribution in [0.1, 0.15) is 27.8 Å². The van der Waals surface area contributed by atoms with E-state index in [9.17, 15) is 0 Å². The first-order valence-electron chi connectivity index (χ1n) is 6.90. The van der Waals surface area contributed by atoms with E-state index in [0.29, 0.717) is 0 Å². The first kappa shape index (κ1) is 15.0. The number of aryl methyl sites for hydroxylation is 4. The number of hydrogen-bond acceptors (Lipinski definition) is 2. The van der Waals surface area contributed by atoms with Gasteiger partial charge < -0.3 is 5.32 Å². The van der Waals surface area contributed by atoms with E-state index in [1.54, 1.807) is 0 Å². The van der Waals surface area contributed by atoms with Gasteiger partial charge in [0.25, 0.3) is 0 Å². The molecule has 0 radical (unpaired) electrons. The van der Waals surface area contributed by atoms with Crippen molar-refractivity contribution in [2.45, 2.75) is 34.1 Å². The van der Waals surface area contributed by atoms with Crippen LogP contribution in [0.15, 0.2) is 28.9 Å². The van der Waals surface area contributed by atoms with Gasteiger partial charge in [0, 0.05) is 17.2 Å². The molecule has 0 fully saturated rings. The van der Waals surface area contributed by atoms with Gasteiger partial charge in [0.15, 0.2) is 0 Å². The third kappa shape index (κ3) is 3.60. The number of anilines is 1. The highest BCUT2D eigenvalue weighted by atomic mass is 79.9. The van der Waals surface area contributed by atoms with Crippen LogP contribution in [0.2, 0.25) is 0 Å². The van der Waals surface area contributed by atoms with Gasteiger partial charge in [0.2, 0.25) is 0 Å².